The van der Waals surface area contributed by atoms with Crippen LogP contribution < -0.4 is 16.8 Å². The number of pyridine rings is 1. The summed E-state index contributed by atoms with van der Waals surface area (Å²) in [5, 5.41) is 5.39. The Morgan fingerprint density at radius 1 is 1.55 bits per heavy atom. The molecule has 0 spiro atoms. The zero-order chi connectivity index (χ0) is 14.5. The number of carbonyl (C=O) groups excluding carboxylic acids is 1. The second-order valence-corrected chi connectivity index (χ2v) is 5.50. The lowest BCUT2D eigenvalue weighted by Gasteiger charge is -2.18. The zero-order valence-electron chi connectivity index (χ0n) is 11.3. The van der Waals surface area contributed by atoms with E-state index in [0.29, 0.717) is 17.1 Å². The summed E-state index contributed by atoms with van der Waals surface area (Å²) >= 11 is 1.70. The van der Waals surface area contributed by atoms with Gasteiger partial charge in [0.1, 0.15) is 5.82 Å². The molecule has 6 heteroatoms. The molecule has 1 amide bonds. The smallest absolute Gasteiger partial charge is 0.250 e. The molecule has 0 aromatic carbocycles. The molecule has 0 saturated heterocycles. The largest absolute Gasteiger partial charge is 0.397 e. The fourth-order valence-corrected chi connectivity index (χ4v) is 2.81. The second kappa shape index (κ2) is 6.38. The predicted octanol–water partition coefficient (Wildman–Crippen LogP) is 2.78. The molecule has 5 N–H and O–H groups in total. The quantitative estimate of drug-likeness (QED) is 0.762. The maximum atomic E-state index is 11.3. The standard InChI is InChI=1S/C14H18N4OS/c1-2-4-11(12-5-3-6-20-12)18-13-7-9(14(16)19)10(15)8-17-13/h3,5-8,11H,2,4,15H2,1H3,(H2,16,19)(H,17,18). The molecule has 20 heavy (non-hydrogen) atoms. The van der Waals surface area contributed by atoms with Crippen molar-refractivity contribution >= 4 is 28.7 Å². The van der Waals surface area contributed by atoms with Gasteiger partial charge in [-0.3, -0.25) is 4.79 Å². The lowest BCUT2D eigenvalue weighted by atomic mass is 10.1. The molecule has 2 heterocycles. The maximum Gasteiger partial charge on any atom is 0.250 e. The number of primary amides is 1. The Labute approximate surface area is 122 Å². The third-order valence-corrected chi connectivity index (χ3v) is 3.97. The van der Waals surface area contributed by atoms with E-state index in [4.69, 9.17) is 11.5 Å². The van der Waals surface area contributed by atoms with E-state index in [1.54, 1.807) is 17.4 Å². The molecule has 1 atom stereocenters. The van der Waals surface area contributed by atoms with Gasteiger partial charge < -0.3 is 16.8 Å². The van der Waals surface area contributed by atoms with Crippen molar-refractivity contribution in [3.63, 3.8) is 0 Å². The molecule has 0 aliphatic heterocycles. The Hall–Kier alpha value is -2.08. The normalized spacial score (nSPS) is 12.1. The SMILES string of the molecule is CCCC(Nc1cc(C(N)=O)c(N)cn1)c1cccs1. The summed E-state index contributed by atoms with van der Waals surface area (Å²) in [6.45, 7) is 2.13. The topological polar surface area (TPSA) is 94.0 Å². The van der Waals surface area contributed by atoms with E-state index < -0.39 is 5.91 Å². The molecule has 0 bridgehead atoms. The van der Waals surface area contributed by atoms with E-state index in [-0.39, 0.29) is 6.04 Å². The van der Waals surface area contributed by atoms with E-state index in [2.05, 4.69) is 23.3 Å². The highest BCUT2D eigenvalue weighted by molar-refractivity contribution is 7.10. The first-order valence-corrected chi connectivity index (χ1v) is 7.35. The number of nitrogens with two attached hydrogens (primary N) is 2. The molecule has 2 aromatic rings. The molecular weight excluding hydrogens is 272 g/mol. The predicted molar refractivity (Wildman–Crippen MR) is 82.8 cm³/mol. The lowest BCUT2D eigenvalue weighted by molar-refractivity contribution is 0.100. The lowest BCUT2D eigenvalue weighted by Crippen LogP contribution is -2.16. The van der Waals surface area contributed by atoms with E-state index in [1.807, 2.05) is 11.4 Å². The minimum Gasteiger partial charge on any atom is -0.397 e. The summed E-state index contributed by atoms with van der Waals surface area (Å²) in [4.78, 5) is 16.8. The van der Waals surface area contributed by atoms with Crippen LogP contribution in [-0.2, 0) is 0 Å². The number of hydrogen-bond donors (Lipinski definition) is 3. The van der Waals surface area contributed by atoms with Crippen molar-refractivity contribution in [2.24, 2.45) is 5.73 Å². The van der Waals surface area contributed by atoms with Crippen molar-refractivity contribution in [2.75, 3.05) is 11.1 Å². The first-order chi connectivity index (χ1) is 9.61. The summed E-state index contributed by atoms with van der Waals surface area (Å²) in [6.07, 6.45) is 3.49. The van der Waals surface area contributed by atoms with Gasteiger partial charge in [0.05, 0.1) is 23.5 Å². The van der Waals surface area contributed by atoms with E-state index in [9.17, 15) is 4.79 Å². The van der Waals surface area contributed by atoms with Gasteiger partial charge in [-0.25, -0.2) is 4.98 Å². The fraction of sp³-hybridized carbons (Fsp3) is 0.286. The van der Waals surface area contributed by atoms with Gasteiger partial charge in [-0.1, -0.05) is 19.4 Å². The Balaban J connectivity index is 2.23. The summed E-state index contributed by atoms with van der Waals surface area (Å²) in [6, 6.07) is 5.89. The molecule has 2 aromatic heterocycles. The van der Waals surface area contributed by atoms with Crippen LogP contribution in [0.15, 0.2) is 29.8 Å². The average Bonchev–Trinajstić information content (AvgIpc) is 2.94. The van der Waals surface area contributed by atoms with Gasteiger partial charge in [-0.2, -0.15) is 0 Å². The number of thiophene rings is 1. The van der Waals surface area contributed by atoms with Gasteiger partial charge in [-0.05, 0) is 23.9 Å². The average molecular weight is 290 g/mol. The molecule has 0 aliphatic rings. The van der Waals surface area contributed by atoms with Crippen LogP contribution in [0.5, 0.6) is 0 Å². The van der Waals surface area contributed by atoms with Crippen molar-refractivity contribution in [3.05, 3.63) is 40.2 Å². The number of nitrogen functional groups attached to an aromatic ring is 1. The number of amides is 1. The third-order valence-electron chi connectivity index (χ3n) is 2.99. The second-order valence-electron chi connectivity index (χ2n) is 4.52. The molecule has 0 aliphatic carbocycles. The van der Waals surface area contributed by atoms with Crippen LogP contribution in [0.1, 0.15) is 41.0 Å². The Morgan fingerprint density at radius 2 is 2.35 bits per heavy atom. The molecule has 2 rings (SSSR count). The van der Waals surface area contributed by atoms with Gasteiger partial charge >= 0.3 is 0 Å². The highest BCUT2D eigenvalue weighted by Gasteiger charge is 2.14. The van der Waals surface area contributed by atoms with Crippen molar-refractivity contribution in [3.8, 4) is 0 Å². The molecule has 106 valence electrons. The molecule has 1 unspecified atom stereocenters. The number of carbonyl (C=O) groups is 1. The van der Waals surface area contributed by atoms with Crippen LogP contribution in [0.3, 0.4) is 0 Å². The van der Waals surface area contributed by atoms with Gasteiger partial charge in [-0.15, -0.1) is 11.3 Å². The summed E-state index contributed by atoms with van der Waals surface area (Å²) in [7, 11) is 0. The Morgan fingerprint density at radius 3 is 2.95 bits per heavy atom. The third kappa shape index (κ3) is 3.27. The van der Waals surface area contributed by atoms with Gasteiger partial charge in [0.15, 0.2) is 0 Å². The van der Waals surface area contributed by atoms with E-state index in [0.717, 1.165) is 12.8 Å². The van der Waals surface area contributed by atoms with Gasteiger partial charge in [0, 0.05) is 4.88 Å². The number of hydrogen-bond acceptors (Lipinski definition) is 5. The fourth-order valence-electron chi connectivity index (χ4n) is 2.00. The molecule has 0 radical (unpaired) electrons. The number of anilines is 2. The van der Waals surface area contributed by atoms with E-state index in [1.165, 1.54) is 11.1 Å². The van der Waals surface area contributed by atoms with Crippen LogP contribution in [0.25, 0.3) is 0 Å². The summed E-state index contributed by atoms with van der Waals surface area (Å²) < 4.78 is 0. The van der Waals surface area contributed by atoms with Crippen LogP contribution in [-0.4, -0.2) is 10.9 Å². The zero-order valence-corrected chi connectivity index (χ0v) is 12.1. The minimum absolute atomic E-state index is 0.178. The van der Waals surface area contributed by atoms with E-state index >= 15 is 0 Å². The van der Waals surface area contributed by atoms with Gasteiger partial charge in [0.25, 0.3) is 5.91 Å². The highest BCUT2D eigenvalue weighted by Crippen LogP contribution is 2.27. The minimum atomic E-state index is -0.545. The highest BCUT2D eigenvalue weighted by atomic mass is 32.1. The Kier molecular flexibility index (Phi) is 4.57. The molecule has 5 nitrogen and oxygen atoms in total. The van der Waals surface area contributed by atoms with Crippen molar-refractivity contribution in [2.45, 2.75) is 25.8 Å². The van der Waals surface area contributed by atoms with Crippen LogP contribution in [0.2, 0.25) is 0 Å². The maximum absolute atomic E-state index is 11.3. The molecule has 0 fully saturated rings. The van der Waals surface area contributed by atoms with Crippen molar-refractivity contribution in [1.29, 1.82) is 0 Å². The number of rotatable bonds is 6. The number of aromatic nitrogens is 1. The molecular formula is C14H18N4OS. The number of nitrogens with zero attached hydrogens (tertiary/aromatic N) is 1. The summed E-state index contributed by atoms with van der Waals surface area (Å²) in [5.41, 5.74) is 11.6. The van der Waals surface area contributed by atoms with Crippen LogP contribution in [0.4, 0.5) is 11.5 Å². The van der Waals surface area contributed by atoms with Crippen molar-refractivity contribution in [1.82, 2.24) is 4.98 Å². The van der Waals surface area contributed by atoms with Crippen molar-refractivity contribution < 1.29 is 4.79 Å². The first-order valence-electron chi connectivity index (χ1n) is 6.47. The Bertz CT molecular complexity index is 583. The monoisotopic (exact) mass is 290 g/mol. The first kappa shape index (κ1) is 14.3. The molecule has 0 saturated carbocycles. The van der Waals surface area contributed by atoms with Crippen LogP contribution >= 0.6 is 11.3 Å². The summed E-state index contributed by atoms with van der Waals surface area (Å²) in [5.74, 6) is 0.0657. The van der Waals surface area contributed by atoms with Crippen LogP contribution in [0, 0.1) is 0 Å². The van der Waals surface area contributed by atoms with Gasteiger partial charge in [0.2, 0.25) is 0 Å². The number of nitrogens with one attached hydrogen (secondary N) is 1.